The molecule has 6 heteroatoms. The van der Waals surface area contributed by atoms with Crippen LogP contribution in [0.2, 0.25) is 0 Å². The van der Waals surface area contributed by atoms with Crippen LogP contribution in [-0.4, -0.2) is 42.8 Å². The number of hydrogen-bond acceptors (Lipinski definition) is 3. The summed E-state index contributed by atoms with van der Waals surface area (Å²) in [6, 6.07) is 0. The molecule has 0 aliphatic heterocycles. The molecule has 0 bridgehead atoms. The molecule has 0 aromatic heterocycles. The first-order valence-electron chi connectivity index (χ1n) is 3.55. The third-order valence-corrected chi connectivity index (χ3v) is 1.96. The first kappa shape index (κ1) is 12.1. The first-order chi connectivity index (χ1) is 5.45. The van der Waals surface area contributed by atoms with Crippen LogP contribution in [0.1, 0.15) is 0 Å². The molecule has 12 heavy (non-hydrogen) atoms. The van der Waals surface area contributed by atoms with Crippen molar-refractivity contribution in [3.05, 3.63) is 0 Å². The molecule has 0 aliphatic rings. The Bertz CT molecular complexity index is 118. The summed E-state index contributed by atoms with van der Waals surface area (Å²) in [5.41, 5.74) is 1.11. The van der Waals surface area contributed by atoms with Crippen molar-refractivity contribution in [1.82, 2.24) is 4.90 Å². The second kappa shape index (κ2) is 5.66. The molecule has 0 heterocycles. The zero-order chi connectivity index (χ0) is 9.61. The molecule has 0 amide bonds. The van der Waals surface area contributed by atoms with E-state index in [9.17, 15) is 13.2 Å². The van der Waals surface area contributed by atoms with E-state index >= 15 is 0 Å². The van der Waals surface area contributed by atoms with E-state index in [1.807, 2.05) is 0 Å². The van der Waals surface area contributed by atoms with Crippen LogP contribution >= 0.6 is 11.8 Å². The summed E-state index contributed by atoms with van der Waals surface area (Å²) in [6.45, 7) is 1.53. The van der Waals surface area contributed by atoms with Gasteiger partial charge in [0.2, 0.25) is 0 Å². The number of rotatable bonds is 5. The van der Waals surface area contributed by atoms with Gasteiger partial charge in [0.05, 0.1) is 0 Å². The van der Waals surface area contributed by atoms with Gasteiger partial charge in [-0.05, 0) is 18.8 Å². The summed E-state index contributed by atoms with van der Waals surface area (Å²) < 4.78 is 34.8. The minimum absolute atomic E-state index is 0.00527. The average molecular weight is 202 g/mol. The van der Waals surface area contributed by atoms with Crippen molar-refractivity contribution in [2.24, 2.45) is 5.73 Å². The molecule has 0 unspecified atom stereocenters. The Labute approximate surface area is 74.3 Å². The van der Waals surface area contributed by atoms with Crippen LogP contribution in [0.25, 0.3) is 0 Å². The van der Waals surface area contributed by atoms with E-state index in [0.717, 1.165) is 0 Å². The molecular weight excluding hydrogens is 189 g/mol. The Morgan fingerprint density at radius 3 is 2.33 bits per heavy atom. The minimum atomic E-state index is -4.11. The topological polar surface area (TPSA) is 29.3 Å². The predicted molar refractivity (Wildman–Crippen MR) is 45.1 cm³/mol. The zero-order valence-corrected chi connectivity index (χ0v) is 7.71. The summed E-state index contributed by atoms with van der Waals surface area (Å²) in [7, 11) is 1.75. The van der Waals surface area contributed by atoms with Gasteiger partial charge in [0.25, 0.3) is 0 Å². The molecule has 0 spiro atoms. The standard InChI is InChI=1S/C6H13F3N2S/c1-11(3-2-10)4-5-12-6(7,8)9/h2-5,10H2,1H3. The van der Waals surface area contributed by atoms with Gasteiger partial charge in [-0.2, -0.15) is 13.2 Å². The fourth-order valence-electron chi connectivity index (χ4n) is 0.649. The van der Waals surface area contributed by atoms with Gasteiger partial charge in [0.15, 0.2) is 0 Å². The predicted octanol–water partition coefficient (Wildman–Crippen LogP) is 1.13. The van der Waals surface area contributed by atoms with Gasteiger partial charge in [0, 0.05) is 25.4 Å². The lowest BCUT2D eigenvalue weighted by molar-refractivity contribution is -0.0328. The van der Waals surface area contributed by atoms with Crippen molar-refractivity contribution in [3.63, 3.8) is 0 Å². The third-order valence-electron chi connectivity index (χ3n) is 1.25. The van der Waals surface area contributed by atoms with Crippen molar-refractivity contribution in [1.29, 1.82) is 0 Å². The summed E-state index contributed by atoms with van der Waals surface area (Å²) in [6.07, 6.45) is 0. The summed E-state index contributed by atoms with van der Waals surface area (Å²) in [5.74, 6) is 0.0694. The van der Waals surface area contributed by atoms with Crippen LogP contribution < -0.4 is 5.73 Å². The van der Waals surface area contributed by atoms with Gasteiger partial charge in [-0.15, -0.1) is 0 Å². The third kappa shape index (κ3) is 8.16. The fraction of sp³-hybridized carbons (Fsp3) is 1.00. The number of likely N-dealkylation sites (N-methyl/N-ethyl adjacent to an activating group) is 1. The molecule has 74 valence electrons. The van der Waals surface area contributed by atoms with Crippen molar-refractivity contribution in [2.45, 2.75) is 5.51 Å². The minimum Gasteiger partial charge on any atom is -0.329 e. The number of thioether (sulfide) groups is 1. The Balaban J connectivity index is 3.31. The maximum atomic E-state index is 11.6. The lowest BCUT2D eigenvalue weighted by Crippen LogP contribution is -2.28. The van der Waals surface area contributed by atoms with E-state index in [-0.39, 0.29) is 17.5 Å². The summed E-state index contributed by atoms with van der Waals surface area (Å²) in [4.78, 5) is 1.78. The zero-order valence-electron chi connectivity index (χ0n) is 6.90. The average Bonchev–Trinajstić information content (AvgIpc) is 1.84. The number of nitrogens with zero attached hydrogens (tertiary/aromatic N) is 1. The highest BCUT2D eigenvalue weighted by molar-refractivity contribution is 8.00. The van der Waals surface area contributed by atoms with E-state index in [2.05, 4.69) is 0 Å². The number of hydrogen-bond donors (Lipinski definition) is 1. The molecule has 0 aromatic carbocycles. The normalized spacial score (nSPS) is 12.5. The highest BCUT2D eigenvalue weighted by Gasteiger charge is 2.27. The van der Waals surface area contributed by atoms with Gasteiger partial charge in [-0.1, -0.05) is 0 Å². The highest BCUT2D eigenvalue weighted by atomic mass is 32.2. The van der Waals surface area contributed by atoms with Crippen molar-refractivity contribution < 1.29 is 13.2 Å². The number of alkyl halides is 3. The van der Waals surface area contributed by atoms with Crippen molar-refractivity contribution >= 4 is 11.8 Å². The molecule has 0 saturated carbocycles. The lowest BCUT2D eigenvalue weighted by Gasteiger charge is -2.15. The Kier molecular flexibility index (Phi) is 5.69. The van der Waals surface area contributed by atoms with E-state index in [4.69, 9.17) is 5.73 Å². The smallest absolute Gasteiger partial charge is 0.329 e. The molecule has 0 rings (SSSR count). The largest absolute Gasteiger partial charge is 0.441 e. The van der Waals surface area contributed by atoms with Crippen molar-refractivity contribution in [3.8, 4) is 0 Å². The Morgan fingerprint density at radius 1 is 1.33 bits per heavy atom. The monoisotopic (exact) mass is 202 g/mol. The van der Waals surface area contributed by atoms with E-state index in [0.29, 0.717) is 19.6 Å². The molecule has 0 atom stereocenters. The number of nitrogens with two attached hydrogens (primary N) is 1. The van der Waals surface area contributed by atoms with Gasteiger partial charge >= 0.3 is 5.51 Å². The van der Waals surface area contributed by atoms with Gasteiger partial charge in [0.1, 0.15) is 0 Å². The summed E-state index contributed by atoms with van der Waals surface area (Å²) in [5, 5.41) is 0. The Hall–Kier alpha value is 0.0600. The van der Waals surface area contributed by atoms with Gasteiger partial charge in [-0.3, -0.25) is 0 Å². The van der Waals surface area contributed by atoms with E-state index in [1.165, 1.54) is 0 Å². The molecule has 0 radical (unpaired) electrons. The SMILES string of the molecule is CN(CCN)CCSC(F)(F)F. The fourth-order valence-corrected chi connectivity index (χ4v) is 1.28. The first-order valence-corrected chi connectivity index (χ1v) is 4.53. The lowest BCUT2D eigenvalue weighted by atomic mass is 10.5. The highest BCUT2D eigenvalue weighted by Crippen LogP contribution is 2.29. The molecule has 0 fully saturated rings. The molecule has 2 N–H and O–H groups in total. The van der Waals surface area contributed by atoms with Crippen molar-refractivity contribution in [2.75, 3.05) is 32.4 Å². The molecule has 0 aliphatic carbocycles. The number of halogens is 3. The second-order valence-corrected chi connectivity index (χ2v) is 3.55. The van der Waals surface area contributed by atoms with E-state index in [1.54, 1.807) is 11.9 Å². The van der Waals surface area contributed by atoms with Crippen LogP contribution in [0.5, 0.6) is 0 Å². The molecular formula is C6H13F3N2S. The quantitative estimate of drug-likeness (QED) is 0.724. The second-order valence-electron chi connectivity index (χ2n) is 2.39. The molecule has 0 saturated heterocycles. The van der Waals surface area contributed by atoms with Crippen LogP contribution in [0.15, 0.2) is 0 Å². The molecule has 0 aromatic rings. The van der Waals surface area contributed by atoms with Gasteiger partial charge in [-0.25, -0.2) is 0 Å². The van der Waals surface area contributed by atoms with Crippen LogP contribution in [0.4, 0.5) is 13.2 Å². The van der Waals surface area contributed by atoms with Crippen LogP contribution in [0.3, 0.4) is 0 Å². The van der Waals surface area contributed by atoms with Crippen LogP contribution in [0, 0.1) is 0 Å². The van der Waals surface area contributed by atoms with Gasteiger partial charge < -0.3 is 10.6 Å². The maximum absolute atomic E-state index is 11.6. The Morgan fingerprint density at radius 2 is 1.92 bits per heavy atom. The van der Waals surface area contributed by atoms with E-state index < -0.39 is 5.51 Å². The molecule has 2 nitrogen and oxygen atoms in total. The summed E-state index contributed by atoms with van der Waals surface area (Å²) >= 11 is 0.00527. The maximum Gasteiger partial charge on any atom is 0.441 e. The van der Waals surface area contributed by atoms with Crippen LogP contribution in [-0.2, 0) is 0 Å².